The summed E-state index contributed by atoms with van der Waals surface area (Å²) in [5, 5.41) is 1.68. The number of sulfonamides is 1. The van der Waals surface area contributed by atoms with Crippen molar-refractivity contribution in [3.05, 3.63) is 46.6 Å². The molecule has 10 heteroatoms. The van der Waals surface area contributed by atoms with Gasteiger partial charge in [-0.2, -0.15) is 8.42 Å². The number of aromatic nitrogens is 2. The standard InChI is InChI=1S/C14H15ClN4O2S2.ClH/c1-18(2)9-10-4-3-5-11(8-10)17-23(20,21)13-12(15)16-14-19(13)6-7-22-14;/h3-8,17H,9H2,1-2H3;1H. The second-order valence-corrected chi connectivity index (χ2v) is 8.14. The molecular formula is C14H16Cl2N4O2S2. The molecule has 6 nitrogen and oxygen atoms in total. The van der Waals surface area contributed by atoms with Crippen LogP contribution < -0.4 is 4.72 Å². The van der Waals surface area contributed by atoms with E-state index >= 15 is 0 Å². The largest absolute Gasteiger partial charge is 0.305 e. The molecule has 3 rings (SSSR count). The lowest BCUT2D eigenvalue weighted by molar-refractivity contribution is 0.402. The van der Waals surface area contributed by atoms with Crippen molar-refractivity contribution in [1.29, 1.82) is 0 Å². The topological polar surface area (TPSA) is 66.7 Å². The molecule has 0 fully saturated rings. The molecule has 3 aromatic rings. The highest BCUT2D eigenvalue weighted by Crippen LogP contribution is 2.27. The Morgan fingerprint density at radius 1 is 1.38 bits per heavy atom. The maximum Gasteiger partial charge on any atom is 0.281 e. The molecule has 0 saturated carbocycles. The van der Waals surface area contributed by atoms with Gasteiger partial charge in [-0.3, -0.25) is 9.12 Å². The number of thiazole rings is 1. The van der Waals surface area contributed by atoms with Crippen LogP contribution >= 0.6 is 35.3 Å². The van der Waals surface area contributed by atoms with E-state index in [0.717, 1.165) is 12.1 Å². The fraction of sp³-hybridized carbons (Fsp3) is 0.214. The summed E-state index contributed by atoms with van der Waals surface area (Å²) in [7, 11) is 0.0783. The first kappa shape index (κ1) is 19.0. The van der Waals surface area contributed by atoms with E-state index in [1.165, 1.54) is 15.7 Å². The van der Waals surface area contributed by atoms with Crippen LogP contribution in [0.3, 0.4) is 0 Å². The van der Waals surface area contributed by atoms with E-state index in [1.807, 2.05) is 31.1 Å². The lowest BCUT2D eigenvalue weighted by Gasteiger charge is -2.12. The maximum absolute atomic E-state index is 12.7. The SMILES string of the molecule is CN(C)Cc1cccc(NS(=O)(=O)c2c(Cl)nc3sccn23)c1.Cl. The second kappa shape index (κ2) is 7.28. The molecule has 0 bridgehead atoms. The third-order valence-corrected chi connectivity index (χ3v) is 5.65. The Bertz CT molecular complexity index is 951. The third-order valence-electron chi connectivity index (χ3n) is 3.11. The maximum atomic E-state index is 12.7. The number of fused-ring (bicyclic) bond motifs is 1. The predicted octanol–water partition coefficient (Wildman–Crippen LogP) is 3.33. The summed E-state index contributed by atoms with van der Waals surface area (Å²) in [5.74, 6) is 0. The number of imidazole rings is 1. The molecule has 130 valence electrons. The minimum Gasteiger partial charge on any atom is -0.305 e. The number of nitrogens with one attached hydrogen (secondary N) is 1. The summed E-state index contributed by atoms with van der Waals surface area (Å²) >= 11 is 7.33. The van der Waals surface area contributed by atoms with Crippen LogP contribution in [0, 0.1) is 0 Å². The second-order valence-electron chi connectivity index (χ2n) is 5.31. The van der Waals surface area contributed by atoms with Crippen LogP contribution in [0.25, 0.3) is 4.96 Å². The number of benzene rings is 1. The summed E-state index contributed by atoms with van der Waals surface area (Å²) in [5.41, 5.74) is 1.50. The van der Waals surface area contributed by atoms with Crippen molar-refractivity contribution in [2.75, 3.05) is 18.8 Å². The molecule has 0 saturated heterocycles. The first-order chi connectivity index (χ1) is 10.9. The van der Waals surface area contributed by atoms with E-state index in [0.29, 0.717) is 10.6 Å². The highest BCUT2D eigenvalue weighted by Gasteiger charge is 2.25. The molecule has 24 heavy (non-hydrogen) atoms. The molecule has 0 unspecified atom stereocenters. The number of hydrogen-bond acceptors (Lipinski definition) is 5. The van der Waals surface area contributed by atoms with Crippen LogP contribution in [0.4, 0.5) is 5.69 Å². The number of nitrogens with zero attached hydrogens (tertiary/aromatic N) is 3. The Morgan fingerprint density at radius 3 is 2.83 bits per heavy atom. The van der Waals surface area contributed by atoms with Gasteiger partial charge >= 0.3 is 0 Å². The highest BCUT2D eigenvalue weighted by molar-refractivity contribution is 7.92. The molecule has 2 heterocycles. The van der Waals surface area contributed by atoms with E-state index < -0.39 is 10.0 Å². The zero-order valence-electron chi connectivity index (χ0n) is 12.9. The Hall–Kier alpha value is -1.32. The average Bonchev–Trinajstić information content (AvgIpc) is 2.96. The molecule has 0 radical (unpaired) electrons. The Morgan fingerprint density at radius 2 is 2.12 bits per heavy atom. The monoisotopic (exact) mass is 406 g/mol. The van der Waals surface area contributed by atoms with Crippen LogP contribution in [0.15, 0.2) is 40.9 Å². The number of rotatable bonds is 5. The van der Waals surface area contributed by atoms with Gasteiger partial charge in [0.15, 0.2) is 15.1 Å². The van der Waals surface area contributed by atoms with Gasteiger partial charge in [-0.1, -0.05) is 23.7 Å². The van der Waals surface area contributed by atoms with Gasteiger partial charge in [0, 0.05) is 23.8 Å². The Labute approximate surface area is 155 Å². The molecule has 0 aliphatic rings. The van der Waals surface area contributed by atoms with E-state index in [9.17, 15) is 8.42 Å². The van der Waals surface area contributed by atoms with E-state index in [2.05, 4.69) is 9.71 Å². The highest BCUT2D eigenvalue weighted by atomic mass is 35.5. The normalized spacial score (nSPS) is 11.7. The Balaban J connectivity index is 0.00000208. The molecule has 1 N–H and O–H groups in total. The van der Waals surface area contributed by atoms with Gasteiger partial charge in [0.1, 0.15) is 0 Å². The van der Waals surface area contributed by atoms with Gasteiger partial charge in [-0.15, -0.1) is 23.7 Å². The first-order valence-corrected chi connectivity index (χ1v) is 9.48. The molecule has 0 aliphatic heterocycles. The summed E-state index contributed by atoms with van der Waals surface area (Å²) < 4.78 is 29.4. The van der Waals surface area contributed by atoms with Crippen LogP contribution in [-0.4, -0.2) is 36.8 Å². The van der Waals surface area contributed by atoms with Gasteiger partial charge in [-0.25, -0.2) is 4.98 Å². The minimum atomic E-state index is -3.83. The quantitative estimate of drug-likeness (QED) is 0.705. The minimum absolute atomic E-state index is 0. The van der Waals surface area contributed by atoms with Gasteiger partial charge in [0.25, 0.3) is 10.0 Å². The molecule has 1 aromatic carbocycles. The lowest BCUT2D eigenvalue weighted by Crippen LogP contribution is -2.16. The van der Waals surface area contributed by atoms with Gasteiger partial charge in [-0.05, 0) is 31.8 Å². The number of halogens is 2. The van der Waals surface area contributed by atoms with Gasteiger partial charge in [0.2, 0.25) is 0 Å². The van der Waals surface area contributed by atoms with E-state index in [1.54, 1.807) is 23.7 Å². The molecule has 0 spiro atoms. The van der Waals surface area contributed by atoms with Crippen LogP contribution in [0.5, 0.6) is 0 Å². The zero-order chi connectivity index (χ0) is 16.6. The van der Waals surface area contributed by atoms with Crippen molar-refractivity contribution in [2.45, 2.75) is 11.6 Å². The predicted molar refractivity (Wildman–Crippen MR) is 100.0 cm³/mol. The zero-order valence-corrected chi connectivity index (χ0v) is 16.1. The van der Waals surface area contributed by atoms with Crippen LogP contribution in [-0.2, 0) is 16.6 Å². The van der Waals surface area contributed by atoms with Gasteiger partial charge in [0.05, 0.1) is 0 Å². The van der Waals surface area contributed by atoms with Crippen LogP contribution in [0.2, 0.25) is 5.15 Å². The molecule has 0 atom stereocenters. The van der Waals surface area contributed by atoms with Crippen molar-refractivity contribution in [2.24, 2.45) is 0 Å². The van der Waals surface area contributed by atoms with Crippen molar-refractivity contribution >= 4 is 56.0 Å². The van der Waals surface area contributed by atoms with Crippen molar-refractivity contribution in [3.8, 4) is 0 Å². The first-order valence-electron chi connectivity index (χ1n) is 6.74. The lowest BCUT2D eigenvalue weighted by atomic mass is 10.2. The van der Waals surface area contributed by atoms with E-state index in [-0.39, 0.29) is 22.6 Å². The number of hydrogen-bond donors (Lipinski definition) is 1. The Kier molecular flexibility index (Phi) is 5.77. The molecule has 0 amide bonds. The fourth-order valence-corrected chi connectivity index (χ4v) is 4.79. The van der Waals surface area contributed by atoms with Crippen molar-refractivity contribution in [3.63, 3.8) is 0 Å². The molecule has 0 aliphatic carbocycles. The summed E-state index contributed by atoms with van der Waals surface area (Å²) in [6.07, 6.45) is 1.63. The van der Waals surface area contributed by atoms with Crippen molar-refractivity contribution in [1.82, 2.24) is 14.3 Å². The van der Waals surface area contributed by atoms with Crippen molar-refractivity contribution < 1.29 is 8.42 Å². The summed E-state index contributed by atoms with van der Waals surface area (Å²) in [6, 6.07) is 7.27. The number of anilines is 1. The molecule has 2 aromatic heterocycles. The summed E-state index contributed by atoms with van der Waals surface area (Å²) in [4.78, 5) is 6.61. The molecular weight excluding hydrogens is 391 g/mol. The average molecular weight is 407 g/mol. The van der Waals surface area contributed by atoms with Crippen LogP contribution in [0.1, 0.15) is 5.56 Å². The van der Waals surface area contributed by atoms with E-state index in [4.69, 9.17) is 11.6 Å². The third kappa shape index (κ3) is 3.84. The van der Waals surface area contributed by atoms with Gasteiger partial charge < -0.3 is 4.90 Å². The smallest absolute Gasteiger partial charge is 0.281 e. The fourth-order valence-electron chi connectivity index (χ4n) is 2.28. The summed E-state index contributed by atoms with van der Waals surface area (Å²) in [6.45, 7) is 0.720.